The van der Waals surface area contributed by atoms with Gasteiger partial charge in [-0.05, 0) is 27.6 Å². The molecule has 0 bridgehead atoms. The second-order valence-electron chi connectivity index (χ2n) is 5.03. The maximum absolute atomic E-state index is 13.0. The first-order chi connectivity index (χ1) is 11.2. The first kappa shape index (κ1) is 17.2. The smallest absolute Gasteiger partial charge is 0.308 e. The van der Waals surface area contributed by atoms with E-state index >= 15 is 0 Å². The number of hydrogen-bond acceptors (Lipinski definition) is 3. The number of aromatic nitrogens is 4. The average molecular weight is 466 g/mol. The van der Waals surface area contributed by atoms with Crippen LogP contribution in [0.25, 0.3) is 11.2 Å². The van der Waals surface area contributed by atoms with Crippen molar-refractivity contribution in [2.75, 3.05) is 0 Å². The fourth-order valence-corrected chi connectivity index (χ4v) is 3.21. The van der Waals surface area contributed by atoms with Crippen molar-refractivity contribution in [1.82, 2.24) is 19.1 Å². The molecule has 1 aromatic carbocycles. The molecule has 126 valence electrons. The van der Waals surface area contributed by atoms with Crippen molar-refractivity contribution in [3.63, 3.8) is 0 Å². The highest BCUT2D eigenvalue weighted by Gasteiger charge is 2.37. The fourth-order valence-electron chi connectivity index (χ4n) is 2.33. The van der Waals surface area contributed by atoms with Crippen LogP contribution in [-0.4, -0.2) is 19.1 Å². The molecule has 0 N–H and O–H groups in total. The SMILES string of the molecule is Cn1c(C(F)(F)F)nc2nc(Br)n(Cc3ccccc3Br)c2c1=O. The lowest BCUT2D eigenvalue weighted by atomic mass is 10.2. The molecule has 0 atom stereocenters. The van der Waals surface area contributed by atoms with Gasteiger partial charge >= 0.3 is 6.18 Å². The van der Waals surface area contributed by atoms with Crippen LogP contribution in [0.15, 0.2) is 38.3 Å². The number of alkyl halides is 3. The van der Waals surface area contributed by atoms with Gasteiger partial charge in [0.05, 0.1) is 6.54 Å². The number of nitrogens with zero attached hydrogens (tertiary/aromatic N) is 4. The summed E-state index contributed by atoms with van der Waals surface area (Å²) in [7, 11) is 1.04. The third-order valence-electron chi connectivity index (χ3n) is 3.48. The van der Waals surface area contributed by atoms with E-state index in [9.17, 15) is 18.0 Å². The Morgan fingerprint density at radius 1 is 1.17 bits per heavy atom. The number of rotatable bonds is 2. The highest BCUT2D eigenvalue weighted by Crippen LogP contribution is 2.28. The number of imidazole rings is 1. The van der Waals surface area contributed by atoms with Gasteiger partial charge in [0.25, 0.3) is 5.56 Å². The van der Waals surface area contributed by atoms with E-state index < -0.39 is 17.6 Å². The summed E-state index contributed by atoms with van der Waals surface area (Å²) in [5.41, 5.74) is -0.200. The highest BCUT2D eigenvalue weighted by molar-refractivity contribution is 9.10. The molecule has 0 spiro atoms. The zero-order valence-corrected chi connectivity index (χ0v) is 15.3. The fraction of sp³-hybridized carbons (Fsp3) is 0.214. The topological polar surface area (TPSA) is 52.7 Å². The van der Waals surface area contributed by atoms with Crippen molar-refractivity contribution >= 4 is 43.0 Å². The Hall–Kier alpha value is -1.68. The molecule has 2 heterocycles. The van der Waals surface area contributed by atoms with Crippen molar-refractivity contribution in [2.24, 2.45) is 7.05 Å². The van der Waals surface area contributed by atoms with Gasteiger partial charge < -0.3 is 4.57 Å². The van der Waals surface area contributed by atoms with Gasteiger partial charge in [-0.3, -0.25) is 9.36 Å². The van der Waals surface area contributed by atoms with Crippen molar-refractivity contribution < 1.29 is 13.2 Å². The summed E-state index contributed by atoms with van der Waals surface area (Å²) in [5, 5.41) is 0. The van der Waals surface area contributed by atoms with Crippen LogP contribution in [-0.2, 0) is 19.8 Å². The summed E-state index contributed by atoms with van der Waals surface area (Å²) in [6, 6.07) is 7.33. The predicted molar refractivity (Wildman–Crippen MR) is 88.7 cm³/mol. The van der Waals surface area contributed by atoms with Crippen LogP contribution in [0.4, 0.5) is 13.2 Å². The highest BCUT2D eigenvalue weighted by atomic mass is 79.9. The Kier molecular flexibility index (Phi) is 4.28. The third kappa shape index (κ3) is 2.88. The summed E-state index contributed by atoms with van der Waals surface area (Å²) in [6.45, 7) is 0.251. The minimum absolute atomic E-state index is 0.00753. The van der Waals surface area contributed by atoms with Crippen molar-refractivity contribution in [3.8, 4) is 0 Å². The number of fused-ring (bicyclic) bond motifs is 1. The van der Waals surface area contributed by atoms with Crippen molar-refractivity contribution in [3.05, 3.63) is 55.2 Å². The molecular weight excluding hydrogens is 457 g/mol. The Balaban J connectivity index is 2.24. The third-order valence-corrected chi connectivity index (χ3v) is 4.86. The van der Waals surface area contributed by atoms with E-state index in [1.807, 2.05) is 24.3 Å². The molecule has 0 saturated heterocycles. The average Bonchev–Trinajstić information content (AvgIpc) is 2.80. The summed E-state index contributed by atoms with van der Waals surface area (Å²) < 4.78 is 42.0. The molecule has 0 amide bonds. The van der Waals surface area contributed by atoms with Gasteiger partial charge in [-0.15, -0.1) is 0 Å². The summed E-state index contributed by atoms with van der Waals surface area (Å²) in [5.74, 6) is -1.28. The minimum atomic E-state index is -4.74. The first-order valence-electron chi connectivity index (χ1n) is 6.63. The molecule has 3 rings (SSSR count). The van der Waals surface area contributed by atoms with E-state index in [0.717, 1.165) is 17.1 Å². The molecule has 5 nitrogen and oxygen atoms in total. The number of hydrogen-bond donors (Lipinski definition) is 0. The molecule has 0 unspecified atom stereocenters. The van der Waals surface area contributed by atoms with Crippen LogP contribution in [0.3, 0.4) is 0 Å². The molecule has 2 aromatic heterocycles. The van der Waals surface area contributed by atoms with Crippen LogP contribution in [0.5, 0.6) is 0 Å². The van der Waals surface area contributed by atoms with Gasteiger partial charge in [0.2, 0.25) is 5.82 Å². The van der Waals surface area contributed by atoms with Crippen molar-refractivity contribution in [1.29, 1.82) is 0 Å². The molecular formula is C14H9Br2F3N4O. The number of halogens is 5. The molecule has 0 aliphatic carbocycles. The Morgan fingerprint density at radius 3 is 2.46 bits per heavy atom. The lowest BCUT2D eigenvalue weighted by Gasteiger charge is -2.11. The van der Waals surface area contributed by atoms with Crippen LogP contribution in [0.1, 0.15) is 11.4 Å². The molecule has 0 aliphatic heterocycles. The van der Waals surface area contributed by atoms with E-state index in [2.05, 4.69) is 41.8 Å². The van der Waals surface area contributed by atoms with Gasteiger partial charge in [-0.2, -0.15) is 13.2 Å². The van der Waals surface area contributed by atoms with E-state index in [1.165, 1.54) is 4.57 Å². The molecule has 0 fully saturated rings. The predicted octanol–water partition coefficient (Wildman–Crippen LogP) is 3.72. The first-order valence-corrected chi connectivity index (χ1v) is 8.22. The Morgan fingerprint density at radius 2 is 1.83 bits per heavy atom. The zero-order valence-electron chi connectivity index (χ0n) is 12.1. The molecule has 10 heteroatoms. The largest absolute Gasteiger partial charge is 0.449 e. The quantitative estimate of drug-likeness (QED) is 0.542. The second kappa shape index (κ2) is 5.99. The lowest BCUT2D eigenvalue weighted by molar-refractivity contribution is -0.147. The van der Waals surface area contributed by atoms with Crippen LogP contribution in [0.2, 0.25) is 0 Å². The van der Waals surface area contributed by atoms with Crippen molar-refractivity contribution in [2.45, 2.75) is 12.7 Å². The second-order valence-corrected chi connectivity index (χ2v) is 6.59. The van der Waals surface area contributed by atoms with E-state index in [-0.39, 0.29) is 22.4 Å². The van der Waals surface area contributed by atoms with Gasteiger partial charge in [0, 0.05) is 11.5 Å². The van der Waals surface area contributed by atoms with E-state index in [0.29, 0.717) is 4.57 Å². The molecule has 0 saturated carbocycles. The maximum atomic E-state index is 13.0. The summed E-state index contributed by atoms with van der Waals surface area (Å²) in [4.78, 5) is 19.9. The summed E-state index contributed by atoms with van der Waals surface area (Å²) in [6.07, 6.45) is -4.74. The van der Waals surface area contributed by atoms with Gasteiger partial charge in [0.1, 0.15) is 0 Å². The van der Waals surface area contributed by atoms with Gasteiger partial charge in [-0.1, -0.05) is 34.1 Å². The van der Waals surface area contributed by atoms with Crippen LogP contribution < -0.4 is 5.56 Å². The lowest BCUT2D eigenvalue weighted by Crippen LogP contribution is -2.28. The molecule has 0 radical (unpaired) electrons. The van der Waals surface area contributed by atoms with E-state index in [4.69, 9.17) is 0 Å². The molecule has 3 aromatic rings. The molecule has 24 heavy (non-hydrogen) atoms. The van der Waals surface area contributed by atoms with Gasteiger partial charge in [-0.25, -0.2) is 9.97 Å². The Labute approximate surface area is 150 Å². The number of benzene rings is 1. The summed E-state index contributed by atoms with van der Waals surface area (Å²) >= 11 is 6.60. The standard InChI is InChI=1S/C14H9Br2F3N4O/c1-22-11(24)9-10(20-12(22)14(17,18)19)21-13(16)23(9)6-7-4-2-3-5-8(7)15/h2-5H,6H2,1H3. The Bertz CT molecular complexity index is 994. The maximum Gasteiger partial charge on any atom is 0.449 e. The van der Waals surface area contributed by atoms with Crippen LogP contribution >= 0.6 is 31.9 Å². The minimum Gasteiger partial charge on any atom is -0.308 e. The molecule has 0 aliphatic rings. The normalized spacial score (nSPS) is 12.1. The van der Waals surface area contributed by atoms with Crippen LogP contribution in [0, 0.1) is 0 Å². The van der Waals surface area contributed by atoms with E-state index in [1.54, 1.807) is 0 Å². The van der Waals surface area contributed by atoms with Gasteiger partial charge in [0.15, 0.2) is 15.9 Å². The zero-order chi connectivity index (χ0) is 17.6. The monoisotopic (exact) mass is 464 g/mol.